The van der Waals surface area contributed by atoms with Crippen molar-refractivity contribution in [3.05, 3.63) is 102 Å². The first kappa shape index (κ1) is 18.8. The first-order valence-corrected chi connectivity index (χ1v) is 10.0. The maximum Gasteiger partial charge on any atom is 0.283 e. The third-order valence-corrected chi connectivity index (χ3v) is 5.20. The van der Waals surface area contributed by atoms with E-state index in [0.717, 1.165) is 5.56 Å². The maximum absolute atomic E-state index is 13.1. The molecule has 0 atom stereocenters. The molecule has 142 valence electrons. The van der Waals surface area contributed by atoms with Crippen LogP contribution in [0.4, 0.5) is 5.69 Å². The summed E-state index contributed by atoms with van der Waals surface area (Å²) in [5, 5.41) is 0.487. The van der Waals surface area contributed by atoms with Crippen molar-refractivity contribution in [3.63, 3.8) is 0 Å². The second-order valence-electron chi connectivity index (χ2n) is 6.26. The van der Waals surface area contributed by atoms with Crippen LogP contribution in [0.5, 0.6) is 0 Å². The largest absolute Gasteiger partial charge is 0.293 e. The maximum atomic E-state index is 13.1. The van der Waals surface area contributed by atoms with E-state index in [2.05, 4.69) is 9.98 Å². The molecule has 1 aliphatic rings. The highest BCUT2D eigenvalue weighted by Gasteiger charge is 2.32. The molecule has 1 amide bonds. The minimum absolute atomic E-state index is 0.0107. The van der Waals surface area contributed by atoms with Crippen LogP contribution in [0.2, 0.25) is 0 Å². The summed E-state index contributed by atoms with van der Waals surface area (Å²) in [6.45, 7) is 0. The zero-order valence-electron chi connectivity index (χ0n) is 15.4. The number of pyridine rings is 1. The van der Waals surface area contributed by atoms with Crippen molar-refractivity contribution in [2.75, 3.05) is 10.7 Å². The second kappa shape index (κ2) is 8.67. The summed E-state index contributed by atoms with van der Waals surface area (Å²) < 4.78 is 0. The molecule has 29 heavy (non-hydrogen) atoms. The Hall–Kier alpha value is -3.51. The number of para-hydroxylation sites is 1. The predicted molar refractivity (Wildman–Crippen MR) is 117 cm³/mol. The van der Waals surface area contributed by atoms with Crippen LogP contribution < -0.4 is 4.90 Å². The number of thioether (sulfide) groups is 1. The van der Waals surface area contributed by atoms with E-state index in [1.807, 2.05) is 54.6 Å². The van der Waals surface area contributed by atoms with Gasteiger partial charge in [-0.15, -0.1) is 0 Å². The molecule has 0 spiro atoms. The molecule has 0 saturated heterocycles. The van der Waals surface area contributed by atoms with Crippen molar-refractivity contribution in [2.24, 2.45) is 4.99 Å². The summed E-state index contributed by atoms with van der Waals surface area (Å²) in [7, 11) is 0. The lowest BCUT2D eigenvalue weighted by molar-refractivity contribution is -0.113. The summed E-state index contributed by atoms with van der Waals surface area (Å²) in [4.78, 5) is 35.7. The lowest BCUT2D eigenvalue weighted by atomic mass is 10.2. The number of ketones is 1. The van der Waals surface area contributed by atoms with Crippen LogP contribution >= 0.6 is 11.8 Å². The van der Waals surface area contributed by atoms with Crippen molar-refractivity contribution in [1.82, 2.24) is 4.98 Å². The number of hydrogen-bond acceptors (Lipinski definition) is 5. The fourth-order valence-electron chi connectivity index (χ4n) is 2.85. The quantitative estimate of drug-likeness (QED) is 0.470. The van der Waals surface area contributed by atoms with Gasteiger partial charge in [-0.05, 0) is 29.8 Å². The number of carbonyl (C=O) groups is 2. The van der Waals surface area contributed by atoms with Gasteiger partial charge in [0.2, 0.25) is 0 Å². The molecular formula is C23H17N3O2S. The first-order chi connectivity index (χ1) is 14.2. The summed E-state index contributed by atoms with van der Waals surface area (Å²) in [6, 6.07) is 22.1. The zero-order valence-corrected chi connectivity index (χ0v) is 16.3. The van der Waals surface area contributed by atoms with E-state index in [1.54, 1.807) is 41.6 Å². The van der Waals surface area contributed by atoms with Gasteiger partial charge in [0.05, 0.1) is 11.4 Å². The monoisotopic (exact) mass is 399 g/mol. The fourth-order valence-corrected chi connectivity index (χ4v) is 3.76. The zero-order chi connectivity index (χ0) is 20.1. The van der Waals surface area contributed by atoms with Crippen LogP contribution in [0.3, 0.4) is 0 Å². The smallest absolute Gasteiger partial charge is 0.283 e. The SMILES string of the molecule is O=C(CSC1=N/C(=C/c2cccnc2)C(=O)N1c1ccccc1)c1ccccc1. The van der Waals surface area contributed by atoms with Gasteiger partial charge in [-0.25, -0.2) is 4.99 Å². The number of aromatic nitrogens is 1. The molecule has 5 nitrogen and oxygen atoms in total. The van der Waals surface area contributed by atoms with Crippen molar-refractivity contribution < 1.29 is 9.59 Å². The van der Waals surface area contributed by atoms with Gasteiger partial charge in [-0.3, -0.25) is 19.5 Å². The van der Waals surface area contributed by atoms with E-state index in [1.165, 1.54) is 11.8 Å². The van der Waals surface area contributed by atoms with E-state index in [4.69, 9.17) is 0 Å². The van der Waals surface area contributed by atoms with E-state index < -0.39 is 0 Å². The van der Waals surface area contributed by atoms with Crippen molar-refractivity contribution >= 4 is 40.4 Å². The number of Topliss-reactive ketones (excluding diaryl/α,β-unsaturated/α-hetero) is 1. The Balaban J connectivity index is 1.62. The van der Waals surface area contributed by atoms with Crippen LogP contribution in [0.15, 0.2) is 95.9 Å². The minimum Gasteiger partial charge on any atom is -0.293 e. The molecule has 1 aliphatic heterocycles. The van der Waals surface area contributed by atoms with Crippen LogP contribution in [0.25, 0.3) is 6.08 Å². The third-order valence-electron chi connectivity index (χ3n) is 4.26. The van der Waals surface area contributed by atoms with Gasteiger partial charge in [0, 0.05) is 18.0 Å². The van der Waals surface area contributed by atoms with E-state index in [-0.39, 0.29) is 17.4 Å². The number of anilines is 1. The Morgan fingerprint density at radius 2 is 1.69 bits per heavy atom. The molecule has 4 rings (SSSR count). The fraction of sp³-hybridized carbons (Fsp3) is 0.0435. The summed E-state index contributed by atoms with van der Waals surface area (Å²) >= 11 is 1.26. The normalized spacial score (nSPS) is 14.9. The van der Waals surface area contributed by atoms with E-state index in [9.17, 15) is 9.59 Å². The standard InChI is InChI=1S/C23H17N3O2S/c27-21(18-9-3-1-4-10-18)16-29-23-25-20(14-17-8-7-13-24-15-17)22(28)26(23)19-11-5-2-6-12-19/h1-15H,16H2/b20-14+. The Labute approximate surface area is 172 Å². The van der Waals surface area contributed by atoms with Gasteiger partial charge >= 0.3 is 0 Å². The molecule has 0 fully saturated rings. The lowest BCUT2D eigenvalue weighted by Gasteiger charge is -2.17. The molecule has 0 saturated carbocycles. The number of aliphatic imine (C=N–C) groups is 1. The van der Waals surface area contributed by atoms with Crippen LogP contribution in [0, 0.1) is 0 Å². The topological polar surface area (TPSA) is 62.6 Å². The number of carbonyl (C=O) groups excluding carboxylic acids is 2. The highest BCUT2D eigenvalue weighted by molar-refractivity contribution is 8.14. The molecule has 6 heteroatoms. The first-order valence-electron chi connectivity index (χ1n) is 9.03. The van der Waals surface area contributed by atoms with Crippen LogP contribution in [-0.4, -0.2) is 27.6 Å². The Kier molecular flexibility index (Phi) is 5.63. The predicted octanol–water partition coefficient (Wildman–Crippen LogP) is 4.44. The second-order valence-corrected chi connectivity index (χ2v) is 7.21. The summed E-state index contributed by atoms with van der Waals surface area (Å²) in [5.74, 6) is -0.0437. The number of benzene rings is 2. The number of nitrogens with zero attached hydrogens (tertiary/aromatic N) is 3. The number of hydrogen-bond donors (Lipinski definition) is 0. The molecule has 0 N–H and O–H groups in total. The molecule has 0 aliphatic carbocycles. The van der Waals surface area contributed by atoms with Crippen molar-refractivity contribution in [3.8, 4) is 0 Å². The molecule has 0 bridgehead atoms. The lowest BCUT2D eigenvalue weighted by Crippen LogP contribution is -2.30. The number of amidine groups is 1. The van der Waals surface area contributed by atoms with Gasteiger partial charge in [-0.2, -0.15) is 0 Å². The van der Waals surface area contributed by atoms with E-state index >= 15 is 0 Å². The molecule has 3 aromatic rings. The molecule has 0 radical (unpaired) electrons. The molecule has 2 aromatic carbocycles. The summed E-state index contributed by atoms with van der Waals surface area (Å²) in [6.07, 6.45) is 5.05. The Bertz CT molecular complexity index is 1080. The van der Waals surface area contributed by atoms with Gasteiger partial charge in [0.25, 0.3) is 5.91 Å². The van der Waals surface area contributed by atoms with Crippen LogP contribution in [-0.2, 0) is 4.79 Å². The Morgan fingerprint density at radius 1 is 0.966 bits per heavy atom. The van der Waals surface area contributed by atoms with Crippen molar-refractivity contribution in [2.45, 2.75) is 0 Å². The van der Waals surface area contributed by atoms with Gasteiger partial charge < -0.3 is 0 Å². The molecule has 1 aromatic heterocycles. The molecular weight excluding hydrogens is 382 g/mol. The van der Waals surface area contributed by atoms with Gasteiger partial charge in [-0.1, -0.05) is 66.4 Å². The third kappa shape index (κ3) is 4.33. The minimum atomic E-state index is -0.227. The highest BCUT2D eigenvalue weighted by Crippen LogP contribution is 2.29. The average Bonchev–Trinajstić information content (AvgIpc) is 3.09. The molecule has 0 unspecified atom stereocenters. The number of amides is 1. The van der Waals surface area contributed by atoms with Gasteiger partial charge in [0.15, 0.2) is 11.0 Å². The average molecular weight is 399 g/mol. The molecule has 2 heterocycles. The Morgan fingerprint density at radius 3 is 2.38 bits per heavy atom. The number of rotatable bonds is 5. The van der Waals surface area contributed by atoms with E-state index in [0.29, 0.717) is 22.1 Å². The van der Waals surface area contributed by atoms with Crippen molar-refractivity contribution in [1.29, 1.82) is 0 Å². The highest BCUT2D eigenvalue weighted by atomic mass is 32.2. The summed E-state index contributed by atoms with van der Waals surface area (Å²) in [5.41, 5.74) is 2.46. The van der Waals surface area contributed by atoms with Gasteiger partial charge in [0.1, 0.15) is 5.70 Å². The van der Waals surface area contributed by atoms with Crippen LogP contribution in [0.1, 0.15) is 15.9 Å².